The molecule has 0 unspecified atom stereocenters. The van der Waals surface area contributed by atoms with E-state index in [1.165, 1.54) is 36.5 Å². The summed E-state index contributed by atoms with van der Waals surface area (Å²) in [4.78, 5) is 12.0. The van der Waals surface area contributed by atoms with E-state index in [9.17, 15) is 13.6 Å². The van der Waals surface area contributed by atoms with Crippen molar-refractivity contribution in [3.63, 3.8) is 0 Å². The molecule has 0 bridgehead atoms. The molecular weight excluding hydrogens is 314 g/mol. The number of nitrogens with zero attached hydrogens (tertiary/aromatic N) is 2. The topological polar surface area (TPSA) is 70.1 Å². The number of aromatic amines is 1. The van der Waals surface area contributed by atoms with Crippen LogP contribution in [0, 0.1) is 11.6 Å². The van der Waals surface area contributed by atoms with E-state index in [1.54, 1.807) is 24.3 Å². The van der Waals surface area contributed by atoms with Gasteiger partial charge in [-0.05, 0) is 48.0 Å². The maximum atomic E-state index is 13.0. The highest BCUT2D eigenvalue weighted by atomic mass is 19.1. The number of rotatable bonds is 4. The summed E-state index contributed by atoms with van der Waals surface area (Å²) in [5.74, 6) is -1.23. The summed E-state index contributed by atoms with van der Waals surface area (Å²) < 4.78 is 25.9. The number of aromatic nitrogens is 2. The summed E-state index contributed by atoms with van der Waals surface area (Å²) in [7, 11) is 0. The number of carbonyl (C=O) groups is 1. The van der Waals surface area contributed by atoms with Crippen LogP contribution in [0.4, 0.5) is 8.78 Å². The fourth-order valence-corrected chi connectivity index (χ4v) is 2.02. The van der Waals surface area contributed by atoms with Crippen molar-refractivity contribution < 1.29 is 13.6 Å². The number of nitrogens with one attached hydrogen (secondary N) is 2. The molecule has 120 valence electrons. The lowest BCUT2D eigenvalue weighted by atomic mass is 10.1. The zero-order valence-electron chi connectivity index (χ0n) is 12.3. The van der Waals surface area contributed by atoms with E-state index >= 15 is 0 Å². The molecule has 0 aliphatic rings. The minimum atomic E-state index is -0.497. The van der Waals surface area contributed by atoms with Crippen LogP contribution in [0.3, 0.4) is 0 Å². The van der Waals surface area contributed by atoms with E-state index in [4.69, 9.17) is 0 Å². The molecule has 1 amide bonds. The second-order valence-electron chi connectivity index (χ2n) is 4.93. The standard InChI is InChI=1S/C17H12F2N4O/c18-13-6-4-12(5-7-13)15-9-16(22-21-15)17(24)23-20-10-11-2-1-3-14(19)8-11/h1-10H,(H,21,22)(H,23,24). The molecule has 0 aliphatic carbocycles. The molecule has 3 aromatic rings. The highest BCUT2D eigenvalue weighted by Gasteiger charge is 2.10. The number of hydrazone groups is 1. The van der Waals surface area contributed by atoms with Gasteiger partial charge in [0.15, 0.2) is 0 Å². The van der Waals surface area contributed by atoms with Crippen molar-refractivity contribution in [2.45, 2.75) is 0 Å². The molecule has 7 heteroatoms. The van der Waals surface area contributed by atoms with Gasteiger partial charge in [-0.15, -0.1) is 0 Å². The van der Waals surface area contributed by atoms with Gasteiger partial charge in [-0.1, -0.05) is 12.1 Å². The Morgan fingerprint density at radius 1 is 1.08 bits per heavy atom. The lowest BCUT2D eigenvalue weighted by Crippen LogP contribution is -2.18. The van der Waals surface area contributed by atoms with E-state index in [2.05, 4.69) is 20.7 Å². The molecule has 0 radical (unpaired) electrons. The molecule has 1 aromatic heterocycles. The summed E-state index contributed by atoms with van der Waals surface area (Å²) in [6, 6.07) is 13.1. The Hall–Kier alpha value is -3.35. The maximum absolute atomic E-state index is 13.0. The first-order valence-corrected chi connectivity index (χ1v) is 7.02. The van der Waals surface area contributed by atoms with Crippen LogP contribution < -0.4 is 5.43 Å². The van der Waals surface area contributed by atoms with Crippen LogP contribution in [0.15, 0.2) is 59.7 Å². The molecule has 0 saturated carbocycles. The smallest absolute Gasteiger partial charge is 0.272 e. The Morgan fingerprint density at radius 3 is 2.62 bits per heavy atom. The fraction of sp³-hybridized carbons (Fsp3) is 0. The molecule has 2 N–H and O–H groups in total. The normalized spacial score (nSPS) is 10.9. The molecule has 1 heterocycles. The highest BCUT2D eigenvalue weighted by Crippen LogP contribution is 2.17. The lowest BCUT2D eigenvalue weighted by molar-refractivity contribution is 0.0950. The molecule has 2 aromatic carbocycles. The number of hydrogen-bond donors (Lipinski definition) is 2. The van der Waals surface area contributed by atoms with Crippen LogP contribution in [-0.2, 0) is 0 Å². The molecule has 3 rings (SSSR count). The SMILES string of the molecule is O=C(NN=Cc1cccc(F)c1)c1cc(-c2ccc(F)cc2)n[nH]1. The second-order valence-corrected chi connectivity index (χ2v) is 4.93. The van der Waals surface area contributed by atoms with Crippen LogP contribution >= 0.6 is 0 Å². The van der Waals surface area contributed by atoms with Crippen LogP contribution in [0.25, 0.3) is 11.3 Å². The predicted octanol–water partition coefficient (Wildman–Crippen LogP) is 3.12. The minimum Gasteiger partial charge on any atom is -0.272 e. The minimum absolute atomic E-state index is 0.200. The van der Waals surface area contributed by atoms with Gasteiger partial charge < -0.3 is 0 Å². The Bertz CT molecular complexity index is 888. The molecule has 0 saturated heterocycles. The quantitative estimate of drug-likeness (QED) is 0.571. The number of benzene rings is 2. The van der Waals surface area contributed by atoms with E-state index < -0.39 is 5.91 Å². The van der Waals surface area contributed by atoms with Crippen molar-refractivity contribution in [1.29, 1.82) is 0 Å². The van der Waals surface area contributed by atoms with Crippen LogP contribution in [0.5, 0.6) is 0 Å². The summed E-state index contributed by atoms with van der Waals surface area (Å²) in [5.41, 5.74) is 4.22. The number of carbonyl (C=O) groups excluding carboxylic acids is 1. The van der Waals surface area contributed by atoms with Crippen molar-refractivity contribution in [1.82, 2.24) is 15.6 Å². The van der Waals surface area contributed by atoms with Crippen molar-refractivity contribution >= 4 is 12.1 Å². The molecule has 0 fully saturated rings. The Morgan fingerprint density at radius 2 is 1.88 bits per heavy atom. The van der Waals surface area contributed by atoms with Gasteiger partial charge in [0, 0.05) is 5.56 Å². The highest BCUT2D eigenvalue weighted by molar-refractivity contribution is 5.94. The summed E-state index contributed by atoms with van der Waals surface area (Å²) in [6.45, 7) is 0. The Labute approximate surface area is 136 Å². The number of amides is 1. The van der Waals surface area contributed by atoms with Gasteiger partial charge in [0.1, 0.15) is 17.3 Å². The number of hydrogen-bond acceptors (Lipinski definition) is 3. The van der Waals surface area contributed by atoms with Crippen molar-refractivity contribution in [3.8, 4) is 11.3 Å². The average Bonchev–Trinajstić information content (AvgIpc) is 3.05. The van der Waals surface area contributed by atoms with Gasteiger partial charge in [0.2, 0.25) is 0 Å². The second kappa shape index (κ2) is 6.82. The van der Waals surface area contributed by atoms with Gasteiger partial charge in [0.25, 0.3) is 5.91 Å². The fourth-order valence-electron chi connectivity index (χ4n) is 2.02. The molecule has 5 nitrogen and oxygen atoms in total. The molecule has 24 heavy (non-hydrogen) atoms. The Kier molecular flexibility index (Phi) is 4.42. The maximum Gasteiger partial charge on any atom is 0.289 e. The molecule has 0 spiro atoms. The van der Waals surface area contributed by atoms with Crippen LogP contribution in [0.2, 0.25) is 0 Å². The van der Waals surface area contributed by atoms with Gasteiger partial charge in [-0.25, -0.2) is 14.2 Å². The molecule has 0 atom stereocenters. The molecular formula is C17H12F2N4O. The summed E-state index contributed by atoms with van der Waals surface area (Å²) in [6.07, 6.45) is 1.33. The van der Waals surface area contributed by atoms with E-state index in [0.29, 0.717) is 16.8 Å². The van der Waals surface area contributed by atoms with Crippen molar-refractivity contribution in [3.05, 3.63) is 77.5 Å². The van der Waals surface area contributed by atoms with Gasteiger partial charge in [-0.3, -0.25) is 9.89 Å². The Balaban J connectivity index is 1.66. The zero-order valence-corrected chi connectivity index (χ0v) is 12.3. The van der Waals surface area contributed by atoms with Gasteiger partial charge in [0.05, 0.1) is 11.9 Å². The monoisotopic (exact) mass is 326 g/mol. The summed E-state index contributed by atoms with van der Waals surface area (Å²) in [5, 5.41) is 10.4. The third kappa shape index (κ3) is 3.70. The van der Waals surface area contributed by atoms with Crippen LogP contribution in [0.1, 0.15) is 16.1 Å². The van der Waals surface area contributed by atoms with Gasteiger partial charge >= 0.3 is 0 Å². The van der Waals surface area contributed by atoms with E-state index in [0.717, 1.165) is 0 Å². The number of H-pyrrole nitrogens is 1. The van der Waals surface area contributed by atoms with Crippen molar-refractivity contribution in [2.75, 3.05) is 0 Å². The lowest BCUT2D eigenvalue weighted by Gasteiger charge is -1.96. The number of halogens is 2. The zero-order chi connectivity index (χ0) is 16.9. The largest absolute Gasteiger partial charge is 0.289 e. The van der Waals surface area contributed by atoms with Gasteiger partial charge in [-0.2, -0.15) is 10.2 Å². The summed E-state index contributed by atoms with van der Waals surface area (Å²) >= 11 is 0. The first-order valence-electron chi connectivity index (χ1n) is 7.02. The van der Waals surface area contributed by atoms with E-state index in [-0.39, 0.29) is 17.3 Å². The third-order valence-electron chi connectivity index (χ3n) is 3.19. The van der Waals surface area contributed by atoms with Crippen LogP contribution in [-0.4, -0.2) is 22.3 Å². The first kappa shape index (κ1) is 15.5. The third-order valence-corrected chi connectivity index (χ3v) is 3.19. The molecule has 0 aliphatic heterocycles. The predicted molar refractivity (Wildman–Crippen MR) is 85.4 cm³/mol. The van der Waals surface area contributed by atoms with E-state index in [1.807, 2.05) is 0 Å². The van der Waals surface area contributed by atoms with Crippen molar-refractivity contribution in [2.24, 2.45) is 5.10 Å². The average molecular weight is 326 g/mol. The first-order chi connectivity index (χ1) is 11.6.